The molecule has 0 aliphatic heterocycles. The Bertz CT molecular complexity index is 1270. The van der Waals surface area contributed by atoms with E-state index in [0.717, 1.165) is 5.56 Å². The summed E-state index contributed by atoms with van der Waals surface area (Å²) in [5.74, 6) is -0.00814. The van der Waals surface area contributed by atoms with Crippen molar-refractivity contribution in [3.05, 3.63) is 108 Å². The Morgan fingerprint density at radius 3 is 2.39 bits per heavy atom. The van der Waals surface area contributed by atoms with E-state index in [2.05, 4.69) is 15.4 Å². The zero-order valence-corrected chi connectivity index (χ0v) is 17.4. The number of benzene rings is 2. The van der Waals surface area contributed by atoms with Crippen molar-refractivity contribution in [2.75, 3.05) is 5.32 Å². The summed E-state index contributed by atoms with van der Waals surface area (Å²) in [6.45, 7) is 0.550. The highest BCUT2D eigenvalue weighted by Crippen LogP contribution is 2.17. The van der Waals surface area contributed by atoms with Gasteiger partial charge in [0, 0.05) is 30.2 Å². The first kappa shape index (κ1) is 20.5. The molecule has 0 spiro atoms. The first-order valence-corrected chi connectivity index (χ1v) is 11.3. The van der Waals surface area contributed by atoms with Crippen molar-refractivity contribution < 1.29 is 13.2 Å². The lowest BCUT2D eigenvalue weighted by Crippen LogP contribution is -2.13. The molecule has 1 amide bonds. The van der Waals surface area contributed by atoms with Gasteiger partial charge in [0.05, 0.1) is 17.2 Å². The van der Waals surface area contributed by atoms with Crippen LogP contribution in [0.3, 0.4) is 0 Å². The third-order valence-electron chi connectivity index (χ3n) is 4.62. The van der Waals surface area contributed by atoms with Gasteiger partial charge in [-0.3, -0.25) is 14.5 Å². The van der Waals surface area contributed by atoms with Gasteiger partial charge in [0.15, 0.2) is 15.7 Å². The number of carbonyl (C=O) groups excluding carboxylic acids is 1. The third-order valence-corrected chi connectivity index (χ3v) is 6.33. The van der Waals surface area contributed by atoms with Crippen LogP contribution in [0, 0.1) is 0 Å². The van der Waals surface area contributed by atoms with Crippen molar-refractivity contribution in [3.8, 4) is 0 Å². The Morgan fingerprint density at radius 1 is 0.903 bits per heavy atom. The van der Waals surface area contributed by atoms with Crippen LogP contribution in [0.4, 0.5) is 5.82 Å². The number of carbonyl (C=O) groups is 1. The molecule has 8 heteroatoms. The monoisotopic (exact) mass is 432 g/mol. The van der Waals surface area contributed by atoms with Crippen LogP contribution in [0.5, 0.6) is 0 Å². The first-order chi connectivity index (χ1) is 15.0. The number of aromatic nitrogens is 3. The van der Waals surface area contributed by atoms with Crippen LogP contribution in [0.25, 0.3) is 0 Å². The van der Waals surface area contributed by atoms with E-state index in [9.17, 15) is 13.2 Å². The van der Waals surface area contributed by atoms with Crippen LogP contribution >= 0.6 is 0 Å². The SMILES string of the molecule is O=C(Nc1ccn(Cc2cccnc2)n1)c1ccc(CS(=O)(=O)c2ccccc2)cc1. The Hall–Kier alpha value is -3.78. The predicted molar refractivity (Wildman–Crippen MR) is 117 cm³/mol. The van der Waals surface area contributed by atoms with Crippen LogP contribution < -0.4 is 5.32 Å². The largest absolute Gasteiger partial charge is 0.305 e. The van der Waals surface area contributed by atoms with Crippen molar-refractivity contribution in [2.24, 2.45) is 0 Å². The molecule has 4 aromatic rings. The molecule has 0 saturated heterocycles. The maximum absolute atomic E-state index is 12.5. The van der Waals surface area contributed by atoms with Gasteiger partial charge in [0.25, 0.3) is 5.91 Å². The second kappa shape index (κ2) is 8.93. The number of nitrogens with one attached hydrogen (secondary N) is 1. The Morgan fingerprint density at radius 2 is 1.68 bits per heavy atom. The maximum Gasteiger partial charge on any atom is 0.256 e. The van der Waals surface area contributed by atoms with Gasteiger partial charge in [-0.1, -0.05) is 36.4 Å². The van der Waals surface area contributed by atoms with Gasteiger partial charge in [-0.05, 0) is 41.5 Å². The number of anilines is 1. The Kier molecular flexibility index (Phi) is 5.90. The zero-order chi connectivity index (χ0) is 21.7. The second-order valence-electron chi connectivity index (χ2n) is 6.98. The second-order valence-corrected chi connectivity index (χ2v) is 8.97. The fourth-order valence-electron chi connectivity index (χ4n) is 3.07. The van der Waals surface area contributed by atoms with Gasteiger partial charge in [-0.25, -0.2) is 8.42 Å². The van der Waals surface area contributed by atoms with Crippen molar-refractivity contribution in [1.82, 2.24) is 14.8 Å². The minimum atomic E-state index is -3.44. The van der Waals surface area contributed by atoms with Crippen molar-refractivity contribution in [2.45, 2.75) is 17.2 Å². The first-order valence-electron chi connectivity index (χ1n) is 9.60. The molecule has 1 N–H and O–H groups in total. The number of amides is 1. The molecular formula is C23H20N4O3S. The molecule has 7 nitrogen and oxygen atoms in total. The predicted octanol–water partition coefficient (Wildman–Crippen LogP) is 3.55. The molecule has 2 aromatic heterocycles. The van der Waals surface area contributed by atoms with E-state index in [4.69, 9.17) is 0 Å². The fourth-order valence-corrected chi connectivity index (χ4v) is 4.44. The summed E-state index contributed by atoms with van der Waals surface area (Å²) in [5.41, 5.74) is 2.04. The minimum absolute atomic E-state index is 0.127. The normalized spacial score (nSPS) is 11.2. The quantitative estimate of drug-likeness (QED) is 0.482. The highest BCUT2D eigenvalue weighted by molar-refractivity contribution is 7.90. The van der Waals surface area contributed by atoms with E-state index < -0.39 is 9.84 Å². The van der Waals surface area contributed by atoms with Crippen molar-refractivity contribution >= 4 is 21.6 Å². The molecule has 156 valence electrons. The molecule has 0 aliphatic rings. The third kappa shape index (κ3) is 5.23. The lowest BCUT2D eigenvalue weighted by Gasteiger charge is -2.06. The van der Waals surface area contributed by atoms with Crippen molar-refractivity contribution in [1.29, 1.82) is 0 Å². The molecule has 0 saturated carbocycles. The molecule has 2 heterocycles. The zero-order valence-electron chi connectivity index (χ0n) is 16.5. The average molecular weight is 433 g/mol. The summed E-state index contributed by atoms with van der Waals surface area (Å²) < 4.78 is 26.7. The van der Waals surface area contributed by atoms with Crippen LogP contribution in [0.2, 0.25) is 0 Å². The molecule has 31 heavy (non-hydrogen) atoms. The molecule has 0 aliphatic carbocycles. The van der Waals surface area contributed by atoms with Crippen molar-refractivity contribution in [3.63, 3.8) is 0 Å². The number of pyridine rings is 1. The summed E-state index contributed by atoms with van der Waals surface area (Å²) >= 11 is 0. The summed E-state index contributed by atoms with van der Waals surface area (Å²) in [7, 11) is -3.44. The average Bonchev–Trinajstić information content (AvgIpc) is 3.22. The topological polar surface area (TPSA) is 93.9 Å². The molecule has 4 rings (SSSR count). The van der Waals surface area contributed by atoms with Gasteiger partial charge in [-0.2, -0.15) is 5.10 Å². The number of sulfone groups is 1. The van der Waals surface area contributed by atoms with E-state index in [1.807, 2.05) is 12.1 Å². The molecule has 2 aromatic carbocycles. The number of hydrogen-bond donors (Lipinski definition) is 1. The standard InChI is InChI=1S/C23H20N4O3S/c28-23(25-22-12-14-27(26-22)16-19-5-4-13-24-15-19)20-10-8-18(9-11-20)17-31(29,30)21-6-2-1-3-7-21/h1-15H,16-17H2,(H,25,26,28). The van der Waals surface area contributed by atoms with E-state index >= 15 is 0 Å². The molecule has 0 unspecified atom stereocenters. The van der Waals surface area contributed by atoms with Gasteiger partial charge >= 0.3 is 0 Å². The molecular weight excluding hydrogens is 412 g/mol. The summed E-state index contributed by atoms with van der Waals surface area (Å²) in [6, 6.07) is 20.3. The number of hydrogen-bond acceptors (Lipinski definition) is 5. The van der Waals surface area contributed by atoms with Crippen LogP contribution in [-0.4, -0.2) is 29.1 Å². The maximum atomic E-state index is 12.5. The number of rotatable bonds is 7. The molecule has 0 fully saturated rings. The van der Waals surface area contributed by atoms with Gasteiger partial charge in [0.2, 0.25) is 0 Å². The highest BCUT2D eigenvalue weighted by atomic mass is 32.2. The van der Waals surface area contributed by atoms with Crippen LogP contribution in [-0.2, 0) is 22.1 Å². The summed E-state index contributed by atoms with van der Waals surface area (Å²) in [6.07, 6.45) is 5.25. The minimum Gasteiger partial charge on any atom is -0.305 e. The molecule has 0 atom stereocenters. The Labute approximate surface area is 180 Å². The van der Waals surface area contributed by atoms with Gasteiger partial charge in [-0.15, -0.1) is 0 Å². The lowest BCUT2D eigenvalue weighted by molar-refractivity contribution is 0.102. The molecule has 0 radical (unpaired) electrons. The van der Waals surface area contributed by atoms with E-state index in [1.54, 1.807) is 83.9 Å². The van der Waals surface area contributed by atoms with Gasteiger partial charge < -0.3 is 5.32 Å². The van der Waals surface area contributed by atoms with E-state index in [1.165, 1.54) is 0 Å². The summed E-state index contributed by atoms with van der Waals surface area (Å²) in [4.78, 5) is 16.9. The summed E-state index contributed by atoms with van der Waals surface area (Å²) in [5, 5.41) is 7.10. The van der Waals surface area contributed by atoms with Gasteiger partial charge in [0.1, 0.15) is 0 Å². The highest BCUT2D eigenvalue weighted by Gasteiger charge is 2.15. The lowest BCUT2D eigenvalue weighted by atomic mass is 10.1. The Balaban J connectivity index is 1.39. The van der Waals surface area contributed by atoms with Crippen LogP contribution in [0.15, 0.2) is 96.3 Å². The van der Waals surface area contributed by atoms with E-state index in [0.29, 0.717) is 23.5 Å². The molecule has 0 bridgehead atoms. The smallest absolute Gasteiger partial charge is 0.256 e. The van der Waals surface area contributed by atoms with E-state index in [-0.39, 0.29) is 16.6 Å². The van der Waals surface area contributed by atoms with Crippen LogP contribution in [0.1, 0.15) is 21.5 Å². The number of nitrogens with zero attached hydrogens (tertiary/aromatic N) is 3. The fraction of sp³-hybridized carbons (Fsp3) is 0.0870.